The third-order valence-corrected chi connectivity index (χ3v) is 5.62. The predicted octanol–water partition coefficient (Wildman–Crippen LogP) is 7.37. The average Bonchev–Trinajstić information content (AvgIpc) is 2.66. The summed E-state index contributed by atoms with van der Waals surface area (Å²) in [6.45, 7) is 7.28. The van der Waals surface area contributed by atoms with E-state index in [1.165, 1.54) is 89.9 Å². The summed E-state index contributed by atoms with van der Waals surface area (Å²) in [6, 6.07) is 0. The van der Waals surface area contributed by atoms with Crippen molar-refractivity contribution in [3.8, 4) is 0 Å². The Labute approximate surface area is 129 Å². The van der Waals surface area contributed by atoms with Crippen LogP contribution >= 0.6 is 0 Å². The first-order valence-corrected chi connectivity index (χ1v) is 9.74. The standard InChI is InChI=1S/C20H40/c1-4-5-6-7-8-9-10-11-14-19(3)20-15-12-13-18(2)16-17-20/h18-20H,4-17H2,1-3H3. The van der Waals surface area contributed by atoms with Crippen LogP contribution in [0.15, 0.2) is 0 Å². The van der Waals surface area contributed by atoms with Crippen molar-refractivity contribution < 1.29 is 0 Å². The van der Waals surface area contributed by atoms with Gasteiger partial charge in [0.15, 0.2) is 0 Å². The van der Waals surface area contributed by atoms with Crippen molar-refractivity contribution in [3.63, 3.8) is 0 Å². The molecule has 0 aromatic carbocycles. The van der Waals surface area contributed by atoms with Gasteiger partial charge in [-0.25, -0.2) is 0 Å². The first-order chi connectivity index (χ1) is 9.74. The second kappa shape index (κ2) is 11.6. The minimum absolute atomic E-state index is 0.986. The summed E-state index contributed by atoms with van der Waals surface area (Å²) in [6.07, 6.45) is 20.7. The first kappa shape index (κ1) is 18.1. The van der Waals surface area contributed by atoms with Crippen molar-refractivity contribution in [2.75, 3.05) is 0 Å². The summed E-state index contributed by atoms with van der Waals surface area (Å²) in [5, 5.41) is 0. The van der Waals surface area contributed by atoms with Gasteiger partial charge in [-0.05, 0) is 24.2 Å². The molecule has 0 aliphatic heterocycles. The second-order valence-corrected chi connectivity index (χ2v) is 7.61. The molecule has 1 aliphatic carbocycles. The van der Waals surface area contributed by atoms with Crippen LogP contribution in [0.1, 0.15) is 111 Å². The fraction of sp³-hybridized carbons (Fsp3) is 1.00. The van der Waals surface area contributed by atoms with Gasteiger partial charge in [-0.3, -0.25) is 0 Å². The van der Waals surface area contributed by atoms with E-state index in [9.17, 15) is 0 Å². The fourth-order valence-corrected chi connectivity index (χ4v) is 3.92. The van der Waals surface area contributed by atoms with Crippen LogP contribution in [0, 0.1) is 17.8 Å². The van der Waals surface area contributed by atoms with Gasteiger partial charge in [-0.15, -0.1) is 0 Å². The predicted molar refractivity (Wildman–Crippen MR) is 92.1 cm³/mol. The molecule has 0 spiro atoms. The second-order valence-electron chi connectivity index (χ2n) is 7.61. The number of rotatable bonds is 10. The molecule has 1 saturated carbocycles. The number of hydrogen-bond donors (Lipinski definition) is 0. The largest absolute Gasteiger partial charge is 0.0654 e. The maximum Gasteiger partial charge on any atom is -0.0388 e. The van der Waals surface area contributed by atoms with E-state index in [2.05, 4.69) is 20.8 Å². The summed E-state index contributed by atoms with van der Waals surface area (Å²) in [5.74, 6) is 3.03. The summed E-state index contributed by atoms with van der Waals surface area (Å²) in [7, 11) is 0. The molecule has 0 aromatic heterocycles. The third-order valence-electron chi connectivity index (χ3n) is 5.62. The molecule has 3 unspecified atom stereocenters. The molecular formula is C20H40. The molecule has 120 valence electrons. The molecule has 1 fully saturated rings. The van der Waals surface area contributed by atoms with Crippen LogP contribution in [-0.4, -0.2) is 0 Å². The van der Waals surface area contributed by atoms with Gasteiger partial charge in [-0.2, -0.15) is 0 Å². The fourth-order valence-electron chi connectivity index (χ4n) is 3.92. The van der Waals surface area contributed by atoms with Gasteiger partial charge >= 0.3 is 0 Å². The minimum atomic E-state index is 0.986. The number of hydrogen-bond acceptors (Lipinski definition) is 0. The Morgan fingerprint density at radius 3 is 2.15 bits per heavy atom. The van der Waals surface area contributed by atoms with E-state index in [0.717, 1.165) is 17.8 Å². The van der Waals surface area contributed by atoms with Crippen LogP contribution in [-0.2, 0) is 0 Å². The molecule has 1 rings (SSSR count). The Balaban J connectivity index is 1.98. The van der Waals surface area contributed by atoms with Gasteiger partial charge in [0.25, 0.3) is 0 Å². The molecule has 0 radical (unpaired) electrons. The smallest absolute Gasteiger partial charge is 0.0388 e. The molecule has 0 N–H and O–H groups in total. The van der Waals surface area contributed by atoms with Crippen molar-refractivity contribution in [3.05, 3.63) is 0 Å². The Kier molecular flexibility index (Phi) is 10.5. The SMILES string of the molecule is CCCCCCCCCCC(C)C1CCCC(C)CC1. The van der Waals surface area contributed by atoms with Crippen LogP contribution in [0.5, 0.6) is 0 Å². The van der Waals surface area contributed by atoms with Gasteiger partial charge in [0, 0.05) is 0 Å². The van der Waals surface area contributed by atoms with Crippen LogP contribution in [0.3, 0.4) is 0 Å². The van der Waals surface area contributed by atoms with Crippen LogP contribution < -0.4 is 0 Å². The number of unbranched alkanes of at least 4 members (excludes halogenated alkanes) is 7. The van der Waals surface area contributed by atoms with Gasteiger partial charge < -0.3 is 0 Å². The highest BCUT2D eigenvalue weighted by Gasteiger charge is 2.20. The van der Waals surface area contributed by atoms with Crippen LogP contribution in [0.2, 0.25) is 0 Å². The third kappa shape index (κ3) is 8.32. The van der Waals surface area contributed by atoms with E-state index in [1.807, 2.05) is 0 Å². The quantitative estimate of drug-likeness (QED) is 0.289. The highest BCUT2D eigenvalue weighted by molar-refractivity contribution is 4.72. The van der Waals surface area contributed by atoms with Crippen molar-refractivity contribution in [1.29, 1.82) is 0 Å². The Hall–Kier alpha value is 0. The maximum absolute atomic E-state index is 2.53. The van der Waals surface area contributed by atoms with Crippen molar-refractivity contribution >= 4 is 0 Å². The Morgan fingerprint density at radius 2 is 1.45 bits per heavy atom. The lowest BCUT2D eigenvalue weighted by molar-refractivity contribution is 0.292. The molecular weight excluding hydrogens is 240 g/mol. The summed E-state index contributed by atoms with van der Waals surface area (Å²) in [5.41, 5.74) is 0. The van der Waals surface area contributed by atoms with Crippen molar-refractivity contribution in [1.82, 2.24) is 0 Å². The van der Waals surface area contributed by atoms with Crippen LogP contribution in [0.4, 0.5) is 0 Å². The zero-order chi connectivity index (χ0) is 14.6. The Bertz CT molecular complexity index is 208. The average molecular weight is 281 g/mol. The zero-order valence-corrected chi connectivity index (χ0v) is 14.6. The molecule has 20 heavy (non-hydrogen) atoms. The lowest BCUT2D eigenvalue weighted by Crippen LogP contribution is -2.11. The monoisotopic (exact) mass is 280 g/mol. The van der Waals surface area contributed by atoms with E-state index in [-0.39, 0.29) is 0 Å². The van der Waals surface area contributed by atoms with E-state index >= 15 is 0 Å². The summed E-state index contributed by atoms with van der Waals surface area (Å²) < 4.78 is 0. The van der Waals surface area contributed by atoms with Gasteiger partial charge in [0.1, 0.15) is 0 Å². The molecule has 1 aliphatic rings. The molecule has 0 nitrogen and oxygen atoms in total. The van der Waals surface area contributed by atoms with Crippen LogP contribution in [0.25, 0.3) is 0 Å². The van der Waals surface area contributed by atoms with Crippen molar-refractivity contribution in [2.24, 2.45) is 17.8 Å². The highest BCUT2D eigenvalue weighted by atomic mass is 14.3. The molecule has 0 saturated heterocycles. The van der Waals surface area contributed by atoms with Gasteiger partial charge in [-0.1, -0.05) is 104 Å². The van der Waals surface area contributed by atoms with Crippen molar-refractivity contribution in [2.45, 2.75) is 111 Å². The lowest BCUT2D eigenvalue weighted by Gasteiger charge is -2.22. The summed E-state index contributed by atoms with van der Waals surface area (Å²) >= 11 is 0. The highest BCUT2D eigenvalue weighted by Crippen LogP contribution is 2.33. The Morgan fingerprint density at radius 1 is 0.800 bits per heavy atom. The normalized spacial score (nSPS) is 25.4. The molecule has 3 atom stereocenters. The molecule has 0 bridgehead atoms. The zero-order valence-electron chi connectivity index (χ0n) is 14.6. The van der Waals surface area contributed by atoms with E-state index < -0.39 is 0 Å². The van der Waals surface area contributed by atoms with E-state index in [0.29, 0.717) is 0 Å². The summed E-state index contributed by atoms with van der Waals surface area (Å²) in [4.78, 5) is 0. The van der Waals surface area contributed by atoms with E-state index in [4.69, 9.17) is 0 Å². The molecule has 0 heterocycles. The first-order valence-electron chi connectivity index (χ1n) is 9.74. The minimum Gasteiger partial charge on any atom is -0.0654 e. The molecule has 0 aromatic rings. The molecule has 0 heteroatoms. The topological polar surface area (TPSA) is 0 Å². The molecule has 0 amide bonds. The maximum atomic E-state index is 2.53. The van der Waals surface area contributed by atoms with Gasteiger partial charge in [0.05, 0.1) is 0 Å². The van der Waals surface area contributed by atoms with E-state index in [1.54, 1.807) is 0 Å². The lowest BCUT2D eigenvalue weighted by atomic mass is 9.84. The van der Waals surface area contributed by atoms with Gasteiger partial charge in [0.2, 0.25) is 0 Å².